The normalized spacial score (nSPS) is 16.3. The monoisotopic (exact) mass is 366 g/mol. The molecule has 0 spiro atoms. The minimum Gasteiger partial charge on any atom is -0.497 e. The average Bonchev–Trinajstić information content (AvgIpc) is 3.15. The van der Waals surface area contributed by atoms with Crippen molar-refractivity contribution in [1.29, 1.82) is 0 Å². The van der Waals surface area contributed by atoms with Gasteiger partial charge in [0.15, 0.2) is 5.96 Å². The number of nitrogens with two attached hydrogens (primary N) is 1. The Kier molecular flexibility index (Phi) is 6.35. The van der Waals surface area contributed by atoms with Gasteiger partial charge in [-0.25, -0.2) is 0 Å². The van der Waals surface area contributed by atoms with Crippen LogP contribution in [0.1, 0.15) is 35.6 Å². The highest BCUT2D eigenvalue weighted by Gasteiger charge is 2.23. The predicted molar refractivity (Wildman–Crippen MR) is 113 cm³/mol. The Balaban J connectivity index is 1.75. The Morgan fingerprint density at radius 1 is 1.15 bits per heavy atom. The highest BCUT2D eigenvalue weighted by atomic mass is 16.5. The van der Waals surface area contributed by atoms with Gasteiger partial charge in [-0.1, -0.05) is 18.2 Å². The maximum Gasteiger partial charge on any atom is 0.193 e. The summed E-state index contributed by atoms with van der Waals surface area (Å²) in [5, 5.41) is 3.23. The lowest BCUT2D eigenvalue weighted by Gasteiger charge is -2.27. The van der Waals surface area contributed by atoms with Gasteiger partial charge in [-0.15, -0.1) is 0 Å². The van der Waals surface area contributed by atoms with E-state index in [-0.39, 0.29) is 6.04 Å². The standard InChI is InChI=1S/C22H30N4O/c1-16-11-17(2)13-19(12-16)25-22(23)24-15-21(26-9-4-5-10-26)18-7-6-8-20(14-18)27-3/h6-8,11-14,21H,4-5,9-10,15H2,1-3H3,(H3,23,24,25). The first-order valence-electron chi connectivity index (χ1n) is 9.58. The second-order valence-electron chi connectivity index (χ2n) is 7.26. The highest BCUT2D eigenvalue weighted by molar-refractivity contribution is 5.92. The smallest absolute Gasteiger partial charge is 0.193 e. The van der Waals surface area contributed by atoms with E-state index in [1.54, 1.807) is 7.11 Å². The Hall–Kier alpha value is -2.53. The van der Waals surface area contributed by atoms with Crippen LogP contribution in [0.3, 0.4) is 0 Å². The summed E-state index contributed by atoms with van der Waals surface area (Å²) in [4.78, 5) is 7.14. The zero-order chi connectivity index (χ0) is 19.2. The van der Waals surface area contributed by atoms with Crippen molar-refractivity contribution in [3.05, 3.63) is 59.2 Å². The molecular formula is C22H30N4O. The maximum atomic E-state index is 6.18. The third kappa shape index (κ3) is 5.23. The van der Waals surface area contributed by atoms with Crippen LogP contribution < -0.4 is 15.8 Å². The number of ether oxygens (including phenoxy) is 1. The molecule has 1 atom stereocenters. The first-order chi connectivity index (χ1) is 13.0. The molecular weight excluding hydrogens is 336 g/mol. The van der Waals surface area contributed by atoms with Crippen LogP contribution in [0.15, 0.2) is 47.5 Å². The molecule has 5 heteroatoms. The van der Waals surface area contributed by atoms with Crippen LogP contribution in [-0.2, 0) is 0 Å². The molecule has 27 heavy (non-hydrogen) atoms. The molecule has 1 heterocycles. The van der Waals surface area contributed by atoms with E-state index in [0.717, 1.165) is 24.5 Å². The first-order valence-corrected chi connectivity index (χ1v) is 9.58. The number of hydrogen-bond donors (Lipinski definition) is 2. The summed E-state index contributed by atoms with van der Waals surface area (Å²) in [6.07, 6.45) is 2.47. The first kappa shape index (κ1) is 19.2. The number of anilines is 1. The molecule has 0 aliphatic carbocycles. The van der Waals surface area contributed by atoms with Crippen molar-refractivity contribution in [1.82, 2.24) is 4.90 Å². The molecule has 2 aromatic carbocycles. The maximum absolute atomic E-state index is 6.18. The van der Waals surface area contributed by atoms with Crippen molar-refractivity contribution in [2.75, 3.05) is 32.1 Å². The van der Waals surface area contributed by atoms with Gasteiger partial charge in [0.2, 0.25) is 0 Å². The number of nitrogens with zero attached hydrogens (tertiary/aromatic N) is 2. The molecule has 144 valence electrons. The zero-order valence-corrected chi connectivity index (χ0v) is 16.5. The average molecular weight is 367 g/mol. The van der Waals surface area contributed by atoms with Crippen molar-refractivity contribution in [3.63, 3.8) is 0 Å². The fourth-order valence-electron chi connectivity index (χ4n) is 3.75. The zero-order valence-electron chi connectivity index (χ0n) is 16.5. The third-order valence-corrected chi connectivity index (χ3v) is 4.99. The van der Waals surface area contributed by atoms with Crippen molar-refractivity contribution >= 4 is 11.6 Å². The molecule has 2 aromatic rings. The largest absolute Gasteiger partial charge is 0.497 e. The molecule has 0 saturated carbocycles. The Labute approximate surface area is 162 Å². The Morgan fingerprint density at radius 2 is 1.85 bits per heavy atom. The molecule has 1 aliphatic rings. The van der Waals surface area contributed by atoms with Crippen molar-refractivity contribution in [2.45, 2.75) is 32.7 Å². The third-order valence-electron chi connectivity index (χ3n) is 4.99. The summed E-state index contributed by atoms with van der Waals surface area (Å²) >= 11 is 0. The number of methoxy groups -OCH3 is 1. The number of aryl methyl sites for hydroxylation is 2. The topological polar surface area (TPSA) is 62.9 Å². The van der Waals surface area contributed by atoms with Crippen LogP contribution in [0.25, 0.3) is 0 Å². The van der Waals surface area contributed by atoms with Crippen molar-refractivity contribution in [2.24, 2.45) is 10.7 Å². The molecule has 0 radical (unpaired) electrons. The molecule has 1 fully saturated rings. The van der Waals surface area contributed by atoms with E-state index in [1.807, 2.05) is 12.1 Å². The van der Waals surface area contributed by atoms with Gasteiger partial charge in [0.25, 0.3) is 0 Å². The quantitative estimate of drug-likeness (QED) is 0.602. The van der Waals surface area contributed by atoms with E-state index in [2.05, 4.69) is 59.4 Å². The number of hydrogen-bond acceptors (Lipinski definition) is 3. The van der Waals surface area contributed by atoms with Crippen LogP contribution in [0.5, 0.6) is 5.75 Å². The van der Waals surface area contributed by atoms with E-state index in [9.17, 15) is 0 Å². The predicted octanol–water partition coefficient (Wildman–Crippen LogP) is 3.88. The van der Waals surface area contributed by atoms with Gasteiger partial charge in [-0.3, -0.25) is 9.89 Å². The lowest BCUT2D eigenvalue weighted by Crippen LogP contribution is -2.30. The molecule has 0 aromatic heterocycles. The SMILES string of the molecule is COc1cccc(C(CN=C(N)Nc2cc(C)cc(C)c2)N2CCCC2)c1. The fraction of sp³-hybridized carbons (Fsp3) is 0.409. The van der Waals surface area contributed by atoms with Gasteiger partial charge in [0.1, 0.15) is 5.75 Å². The number of guanidine groups is 1. The number of aliphatic imine (C=N–C) groups is 1. The summed E-state index contributed by atoms with van der Waals surface area (Å²) in [5.41, 5.74) is 10.8. The van der Waals surface area contributed by atoms with Crippen molar-refractivity contribution < 1.29 is 4.74 Å². The van der Waals surface area contributed by atoms with E-state index in [1.165, 1.54) is 29.5 Å². The summed E-state index contributed by atoms with van der Waals surface area (Å²) < 4.78 is 5.40. The van der Waals surface area contributed by atoms with Gasteiger partial charge in [0, 0.05) is 5.69 Å². The molecule has 3 N–H and O–H groups in total. The number of rotatable bonds is 6. The Morgan fingerprint density at radius 3 is 2.52 bits per heavy atom. The summed E-state index contributed by atoms with van der Waals surface area (Å²) in [6, 6.07) is 14.8. The molecule has 0 bridgehead atoms. The van der Waals surface area contributed by atoms with Gasteiger partial charge in [-0.05, 0) is 80.7 Å². The molecule has 0 amide bonds. The molecule has 5 nitrogen and oxygen atoms in total. The second-order valence-corrected chi connectivity index (χ2v) is 7.26. The van der Waals surface area contributed by atoms with E-state index < -0.39 is 0 Å². The van der Waals surface area contributed by atoms with Crippen LogP contribution in [0.4, 0.5) is 5.69 Å². The minimum absolute atomic E-state index is 0.210. The van der Waals surface area contributed by atoms with E-state index in [4.69, 9.17) is 10.5 Å². The van der Waals surface area contributed by atoms with Gasteiger partial charge in [-0.2, -0.15) is 0 Å². The summed E-state index contributed by atoms with van der Waals surface area (Å²) in [7, 11) is 1.70. The highest BCUT2D eigenvalue weighted by Crippen LogP contribution is 2.28. The van der Waals surface area contributed by atoms with Crippen LogP contribution in [0.2, 0.25) is 0 Å². The minimum atomic E-state index is 0.210. The molecule has 3 rings (SSSR count). The summed E-state index contributed by atoms with van der Waals surface area (Å²) in [5.74, 6) is 1.33. The second kappa shape index (κ2) is 8.91. The number of nitrogens with one attached hydrogen (secondary N) is 1. The van der Waals surface area contributed by atoms with E-state index >= 15 is 0 Å². The van der Waals surface area contributed by atoms with Gasteiger partial charge >= 0.3 is 0 Å². The Bertz CT molecular complexity index is 776. The molecule has 1 aliphatic heterocycles. The van der Waals surface area contributed by atoms with Crippen LogP contribution in [-0.4, -0.2) is 37.6 Å². The fourth-order valence-corrected chi connectivity index (χ4v) is 3.75. The van der Waals surface area contributed by atoms with E-state index in [0.29, 0.717) is 12.5 Å². The molecule has 1 saturated heterocycles. The molecule has 1 unspecified atom stereocenters. The van der Waals surface area contributed by atoms with Crippen LogP contribution in [0, 0.1) is 13.8 Å². The lowest BCUT2D eigenvalue weighted by atomic mass is 10.1. The van der Waals surface area contributed by atoms with Crippen molar-refractivity contribution in [3.8, 4) is 5.75 Å². The van der Waals surface area contributed by atoms with Gasteiger partial charge in [0.05, 0.1) is 19.7 Å². The van der Waals surface area contributed by atoms with Gasteiger partial charge < -0.3 is 15.8 Å². The van der Waals surface area contributed by atoms with Crippen LogP contribution >= 0.6 is 0 Å². The lowest BCUT2D eigenvalue weighted by molar-refractivity contribution is 0.251. The summed E-state index contributed by atoms with van der Waals surface area (Å²) in [6.45, 7) is 6.98. The number of likely N-dealkylation sites (tertiary alicyclic amines) is 1. The number of benzene rings is 2.